The van der Waals surface area contributed by atoms with Crippen LogP contribution in [-0.2, 0) is 15.2 Å². The summed E-state index contributed by atoms with van der Waals surface area (Å²) < 4.78 is 30.7. The minimum atomic E-state index is -0.947. The van der Waals surface area contributed by atoms with Gasteiger partial charge in [0.2, 0.25) is 0 Å². The Morgan fingerprint density at radius 1 is 0.787 bits per heavy atom. The topological polar surface area (TPSA) is 83.5 Å². The van der Waals surface area contributed by atoms with Crippen molar-refractivity contribution in [1.29, 1.82) is 0 Å². The molecule has 0 radical (unpaired) electrons. The molecule has 0 fully saturated rings. The van der Waals surface area contributed by atoms with Gasteiger partial charge in [0.05, 0.1) is 10.8 Å². The summed E-state index contributed by atoms with van der Waals surface area (Å²) in [6, 6.07) is 18.9. The van der Waals surface area contributed by atoms with Gasteiger partial charge in [-0.1, -0.05) is 19.1 Å². The van der Waals surface area contributed by atoms with Gasteiger partial charge in [0.15, 0.2) is 5.60 Å². The van der Waals surface area contributed by atoms with E-state index < -0.39 is 16.4 Å². The summed E-state index contributed by atoms with van der Waals surface area (Å²) >= 11 is 0. The third-order valence-corrected chi connectivity index (χ3v) is 8.36. The fraction of sp³-hybridized carbons (Fsp3) is 0.436. The van der Waals surface area contributed by atoms with Crippen molar-refractivity contribution in [1.82, 2.24) is 4.90 Å². The maximum absolute atomic E-state index is 12.7. The zero-order valence-electron chi connectivity index (χ0n) is 29.1. The molecule has 0 bridgehead atoms. The SMILES string of the molecule is CCCN(C)CCOc1ccc(C2(C)Oc3cc(OC(=O)C(C)(C)C)ccc3C3=C2c2ccc(OC(=O)C(C)(C)C)cc2OC3)cc1. The number of hydrogen-bond acceptors (Lipinski definition) is 8. The average molecular weight is 642 g/mol. The third-order valence-electron chi connectivity index (χ3n) is 8.36. The minimum Gasteiger partial charge on any atom is -0.492 e. The van der Waals surface area contributed by atoms with Crippen molar-refractivity contribution < 1.29 is 33.3 Å². The van der Waals surface area contributed by atoms with E-state index in [2.05, 4.69) is 18.9 Å². The maximum atomic E-state index is 12.7. The number of ether oxygens (including phenoxy) is 5. The summed E-state index contributed by atoms with van der Waals surface area (Å²) in [5.41, 5.74) is 2.29. The van der Waals surface area contributed by atoms with Gasteiger partial charge >= 0.3 is 11.9 Å². The molecule has 1 unspecified atom stereocenters. The molecule has 2 aliphatic rings. The monoisotopic (exact) mass is 641 g/mol. The van der Waals surface area contributed by atoms with Crippen molar-refractivity contribution in [3.63, 3.8) is 0 Å². The number of benzene rings is 3. The fourth-order valence-electron chi connectivity index (χ4n) is 5.61. The van der Waals surface area contributed by atoms with Gasteiger partial charge < -0.3 is 28.6 Å². The zero-order chi connectivity index (χ0) is 34.1. The lowest BCUT2D eigenvalue weighted by atomic mass is 9.76. The molecule has 47 heavy (non-hydrogen) atoms. The van der Waals surface area contributed by atoms with E-state index in [-0.39, 0.29) is 18.5 Å². The van der Waals surface area contributed by atoms with Crippen molar-refractivity contribution in [3.8, 4) is 28.7 Å². The van der Waals surface area contributed by atoms with Crippen LogP contribution in [0.1, 0.15) is 78.5 Å². The average Bonchev–Trinajstić information content (AvgIpc) is 3.00. The molecule has 0 saturated carbocycles. The second kappa shape index (κ2) is 13.1. The number of fused-ring (bicyclic) bond motifs is 4. The summed E-state index contributed by atoms with van der Waals surface area (Å²) in [6.07, 6.45) is 1.10. The lowest BCUT2D eigenvalue weighted by Crippen LogP contribution is -2.37. The standard InChI is InChI=1S/C39H47NO7/c1-10-19-40(9)20-21-43-26-13-11-25(12-14-26)39(8)34-30-18-16-27(45-35(41)37(2,3)4)22-32(30)44-24-31(34)29-17-15-28(23-33(29)47-39)46-36(42)38(5,6)7/h11-18,22-23H,10,19-21,24H2,1-9H3. The van der Waals surface area contributed by atoms with E-state index in [0.29, 0.717) is 29.6 Å². The van der Waals surface area contributed by atoms with Crippen molar-refractivity contribution in [3.05, 3.63) is 77.4 Å². The Bertz CT molecular complexity index is 1680. The molecule has 8 nitrogen and oxygen atoms in total. The Balaban J connectivity index is 1.54. The quantitative estimate of drug-likeness (QED) is 0.172. The van der Waals surface area contributed by atoms with Crippen molar-refractivity contribution >= 4 is 23.1 Å². The Morgan fingerprint density at radius 3 is 1.91 bits per heavy atom. The van der Waals surface area contributed by atoms with Crippen LogP contribution in [0.3, 0.4) is 0 Å². The molecule has 8 heteroatoms. The highest BCUT2D eigenvalue weighted by molar-refractivity contribution is 6.01. The second-order valence-corrected chi connectivity index (χ2v) is 14.5. The highest BCUT2D eigenvalue weighted by atomic mass is 16.5. The molecule has 0 saturated heterocycles. The largest absolute Gasteiger partial charge is 0.492 e. The van der Waals surface area contributed by atoms with Crippen molar-refractivity contribution in [2.75, 3.05) is 33.4 Å². The van der Waals surface area contributed by atoms with Crippen molar-refractivity contribution in [2.24, 2.45) is 10.8 Å². The first-order valence-electron chi connectivity index (χ1n) is 16.3. The maximum Gasteiger partial charge on any atom is 0.316 e. The summed E-state index contributed by atoms with van der Waals surface area (Å²) in [5.74, 6) is 2.15. The van der Waals surface area contributed by atoms with Crippen LogP contribution in [0.4, 0.5) is 0 Å². The highest BCUT2D eigenvalue weighted by Crippen LogP contribution is 2.55. The summed E-state index contributed by atoms with van der Waals surface area (Å²) in [5, 5.41) is 0. The molecule has 2 heterocycles. The van der Waals surface area contributed by atoms with Crippen molar-refractivity contribution in [2.45, 2.75) is 67.4 Å². The van der Waals surface area contributed by atoms with E-state index in [1.54, 1.807) is 24.3 Å². The molecule has 0 spiro atoms. The number of esters is 2. The lowest BCUT2D eigenvalue weighted by Gasteiger charge is -2.42. The third kappa shape index (κ3) is 7.33. The van der Waals surface area contributed by atoms with Gasteiger partial charge in [-0.3, -0.25) is 9.59 Å². The summed E-state index contributed by atoms with van der Waals surface area (Å²) in [7, 11) is 2.10. The predicted octanol–water partition coefficient (Wildman–Crippen LogP) is 7.92. The molecule has 0 amide bonds. The van der Waals surface area contributed by atoms with E-state index >= 15 is 0 Å². The van der Waals surface area contributed by atoms with Gasteiger partial charge in [-0.2, -0.15) is 0 Å². The Labute approximate surface area is 278 Å². The van der Waals surface area contributed by atoms with Crippen LogP contribution < -0.4 is 23.7 Å². The molecule has 0 aliphatic carbocycles. The Morgan fingerprint density at radius 2 is 1.34 bits per heavy atom. The normalized spacial score (nSPS) is 17.1. The van der Waals surface area contributed by atoms with Crippen LogP contribution in [0.2, 0.25) is 0 Å². The van der Waals surface area contributed by atoms with Gasteiger partial charge in [-0.05, 0) is 110 Å². The van der Waals surface area contributed by atoms with E-state index in [1.807, 2.05) is 84.9 Å². The first kappa shape index (κ1) is 34.0. The number of nitrogens with zero attached hydrogens (tertiary/aromatic N) is 1. The number of hydrogen-bond donors (Lipinski definition) is 0. The van der Waals surface area contributed by atoms with Gasteiger partial charge in [-0.15, -0.1) is 0 Å². The van der Waals surface area contributed by atoms with Crippen LogP contribution in [0, 0.1) is 10.8 Å². The smallest absolute Gasteiger partial charge is 0.316 e. The van der Waals surface area contributed by atoms with Gasteiger partial charge in [0.25, 0.3) is 0 Å². The molecule has 5 rings (SSSR count). The van der Waals surface area contributed by atoms with Crippen LogP contribution in [0.5, 0.6) is 28.7 Å². The number of carbonyl (C=O) groups excluding carboxylic acids is 2. The lowest BCUT2D eigenvalue weighted by molar-refractivity contribution is -0.143. The van der Waals surface area contributed by atoms with Crippen LogP contribution in [-0.4, -0.2) is 50.2 Å². The Kier molecular flexibility index (Phi) is 9.47. The van der Waals surface area contributed by atoms with E-state index in [1.165, 1.54) is 0 Å². The first-order chi connectivity index (χ1) is 22.1. The Hall–Kier alpha value is -4.30. The van der Waals surface area contributed by atoms with Crippen LogP contribution in [0.15, 0.2) is 60.7 Å². The van der Waals surface area contributed by atoms with Gasteiger partial charge in [-0.25, -0.2) is 0 Å². The van der Waals surface area contributed by atoms with E-state index in [9.17, 15) is 9.59 Å². The van der Waals surface area contributed by atoms with Crippen LogP contribution in [0.25, 0.3) is 11.1 Å². The zero-order valence-corrected chi connectivity index (χ0v) is 29.1. The molecule has 250 valence electrons. The minimum absolute atomic E-state index is 0.276. The van der Waals surface area contributed by atoms with Gasteiger partial charge in [0.1, 0.15) is 42.0 Å². The number of likely N-dealkylation sites (N-methyl/N-ethyl adjacent to an activating group) is 1. The first-order valence-corrected chi connectivity index (χ1v) is 16.3. The van der Waals surface area contributed by atoms with E-state index in [0.717, 1.165) is 53.1 Å². The van der Waals surface area contributed by atoms with E-state index in [4.69, 9.17) is 23.7 Å². The molecule has 0 N–H and O–H groups in total. The molecule has 1 atom stereocenters. The molecular weight excluding hydrogens is 594 g/mol. The fourth-order valence-corrected chi connectivity index (χ4v) is 5.61. The second-order valence-electron chi connectivity index (χ2n) is 14.5. The molecule has 2 aliphatic heterocycles. The number of rotatable bonds is 9. The highest BCUT2D eigenvalue weighted by Gasteiger charge is 2.44. The molecule has 3 aromatic rings. The predicted molar refractivity (Wildman–Crippen MR) is 183 cm³/mol. The molecule has 3 aromatic carbocycles. The van der Waals surface area contributed by atoms with Gasteiger partial charge in [0, 0.05) is 41.0 Å². The summed E-state index contributed by atoms with van der Waals surface area (Å²) in [4.78, 5) is 27.6. The molecule has 0 aromatic heterocycles. The summed E-state index contributed by atoms with van der Waals surface area (Å²) in [6.45, 7) is 17.9. The van der Waals surface area contributed by atoms with Crippen LogP contribution >= 0.6 is 0 Å². The number of carbonyl (C=O) groups is 2. The molecular formula is C39H47NO7.